The first-order valence-electron chi connectivity index (χ1n) is 5.75. The van der Waals surface area contributed by atoms with E-state index in [1.54, 1.807) is 7.11 Å². The van der Waals surface area contributed by atoms with Crippen LogP contribution in [-0.4, -0.2) is 32.1 Å². The van der Waals surface area contributed by atoms with E-state index in [0.717, 1.165) is 25.3 Å². The van der Waals surface area contributed by atoms with Gasteiger partial charge in [0.2, 0.25) is 0 Å². The van der Waals surface area contributed by atoms with Crippen LogP contribution in [0.4, 0.5) is 0 Å². The molecule has 3 nitrogen and oxygen atoms in total. The number of nitrogens with zero attached hydrogens (tertiary/aromatic N) is 1. The van der Waals surface area contributed by atoms with Gasteiger partial charge in [-0.3, -0.25) is 0 Å². The summed E-state index contributed by atoms with van der Waals surface area (Å²) in [6.45, 7) is 4.71. The number of rotatable bonds is 6. The summed E-state index contributed by atoms with van der Waals surface area (Å²) in [6, 6.07) is 6.38. The van der Waals surface area contributed by atoms with Crippen molar-refractivity contribution in [3.63, 3.8) is 0 Å². The third kappa shape index (κ3) is 3.51. The molecular formula is C13H22N2O. The predicted octanol–water partition coefficient (Wildman–Crippen LogP) is 1.65. The summed E-state index contributed by atoms with van der Waals surface area (Å²) >= 11 is 0. The number of methoxy groups -OCH3 is 1. The molecule has 2 N–H and O–H groups in total. The number of hydrogen-bond donors (Lipinski definition) is 1. The van der Waals surface area contributed by atoms with Crippen LogP contribution in [0.2, 0.25) is 0 Å². The number of nitrogens with two attached hydrogens (primary N) is 1. The van der Waals surface area contributed by atoms with Crippen molar-refractivity contribution in [2.75, 3.05) is 27.2 Å². The molecule has 3 heteroatoms. The Kier molecular flexibility index (Phi) is 5.29. The Morgan fingerprint density at radius 1 is 1.38 bits per heavy atom. The lowest BCUT2D eigenvalue weighted by Crippen LogP contribution is -2.25. The summed E-state index contributed by atoms with van der Waals surface area (Å²) in [4.78, 5) is 2.22. The van der Waals surface area contributed by atoms with Crippen LogP contribution in [0.1, 0.15) is 18.1 Å². The third-order valence-corrected chi connectivity index (χ3v) is 2.69. The van der Waals surface area contributed by atoms with E-state index >= 15 is 0 Å². The number of ether oxygens (including phenoxy) is 1. The molecule has 0 radical (unpaired) electrons. The Balaban J connectivity index is 2.74. The molecule has 0 heterocycles. The maximum absolute atomic E-state index is 5.52. The molecule has 0 saturated heterocycles. The highest BCUT2D eigenvalue weighted by molar-refractivity contribution is 5.37. The van der Waals surface area contributed by atoms with Crippen molar-refractivity contribution in [1.29, 1.82) is 0 Å². The molecule has 0 unspecified atom stereocenters. The fourth-order valence-electron chi connectivity index (χ4n) is 1.82. The Hall–Kier alpha value is -1.06. The lowest BCUT2D eigenvalue weighted by molar-refractivity contribution is 0.336. The fraction of sp³-hybridized carbons (Fsp3) is 0.538. The normalized spacial score (nSPS) is 10.8. The molecule has 16 heavy (non-hydrogen) atoms. The first kappa shape index (κ1) is 13.0. The van der Waals surface area contributed by atoms with Gasteiger partial charge in [0.05, 0.1) is 7.11 Å². The van der Waals surface area contributed by atoms with Gasteiger partial charge in [0.1, 0.15) is 5.75 Å². The van der Waals surface area contributed by atoms with E-state index in [1.807, 2.05) is 6.07 Å². The largest absolute Gasteiger partial charge is 0.496 e. The zero-order chi connectivity index (χ0) is 12.0. The summed E-state index contributed by atoms with van der Waals surface area (Å²) in [5.41, 5.74) is 8.10. The number of benzene rings is 1. The van der Waals surface area contributed by atoms with Gasteiger partial charge in [-0.2, -0.15) is 0 Å². The van der Waals surface area contributed by atoms with E-state index < -0.39 is 0 Å². The highest BCUT2D eigenvalue weighted by Gasteiger charge is 2.04. The Bertz CT molecular complexity index is 326. The summed E-state index contributed by atoms with van der Waals surface area (Å²) in [5.74, 6) is 0.979. The molecule has 1 aromatic rings. The van der Waals surface area contributed by atoms with E-state index in [9.17, 15) is 0 Å². The first-order valence-corrected chi connectivity index (χ1v) is 5.75. The van der Waals surface area contributed by atoms with Crippen molar-refractivity contribution in [3.8, 4) is 5.75 Å². The minimum atomic E-state index is 0.702. The van der Waals surface area contributed by atoms with Crippen molar-refractivity contribution in [1.82, 2.24) is 4.90 Å². The molecule has 0 aliphatic heterocycles. The van der Waals surface area contributed by atoms with E-state index in [0.29, 0.717) is 6.54 Å². The quantitative estimate of drug-likeness (QED) is 0.795. The molecule has 0 bridgehead atoms. The maximum atomic E-state index is 5.52. The van der Waals surface area contributed by atoms with Gasteiger partial charge in [-0.1, -0.05) is 19.1 Å². The second kappa shape index (κ2) is 6.51. The molecule has 90 valence electrons. The van der Waals surface area contributed by atoms with E-state index in [1.165, 1.54) is 11.1 Å². The van der Waals surface area contributed by atoms with Gasteiger partial charge in [-0.05, 0) is 30.7 Å². The second-order valence-electron chi connectivity index (χ2n) is 4.03. The second-order valence-corrected chi connectivity index (χ2v) is 4.03. The zero-order valence-electron chi connectivity index (χ0n) is 10.5. The molecule has 0 spiro atoms. The summed E-state index contributed by atoms with van der Waals surface area (Å²) in [5, 5.41) is 0. The lowest BCUT2D eigenvalue weighted by Gasteiger charge is -2.16. The standard InChI is InChI=1S/C13H22N2O/c1-4-12-9-11(5-6-13(12)16-3)10-15(2)8-7-14/h5-6,9H,4,7-8,10,14H2,1-3H3. The van der Waals surface area contributed by atoms with Crippen LogP contribution in [0.3, 0.4) is 0 Å². The topological polar surface area (TPSA) is 38.5 Å². The Morgan fingerprint density at radius 3 is 2.69 bits per heavy atom. The highest BCUT2D eigenvalue weighted by Crippen LogP contribution is 2.20. The highest BCUT2D eigenvalue weighted by atomic mass is 16.5. The van der Waals surface area contributed by atoms with Crippen molar-refractivity contribution < 1.29 is 4.74 Å². The van der Waals surface area contributed by atoms with E-state index in [2.05, 4.69) is 31.0 Å². The molecule has 0 aromatic heterocycles. The van der Waals surface area contributed by atoms with Gasteiger partial charge < -0.3 is 15.4 Å². The Morgan fingerprint density at radius 2 is 2.12 bits per heavy atom. The van der Waals surface area contributed by atoms with Crippen LogP contribution >= 0.6 is 0 Å². The minimum absolute atomic E-state index is 0.702. The molecule has 0 fully saturated rings. The molecule has 1 rings (SSSR count). The van der Waals surface area contributed by atoms with Gasteiger partial charge in [-0.25, -0.2) is 0 Å². The first-order chi connectivity index (χ1) is 7.71. The van der Waals surface area contributed by atoms with E-state index in [4.69, 9.17) is 10.5 Å². The summed E-state index contributed by atoms with van der Waals surface area (Å²) in [7, 11) is 3.80. The fourth-order valence-corrected chi connectivity index (χ4v) is 1.82. The predicted molar refractivity (Wildman–Crippen MR) is 67.8 cm³/mol. The van der Waals surface area contributed by atoms with Gasteiger partial charge in [0.15, 0.2) is 0 Å². The van der Waals surface area contributed by atoms with Crippen LogP contribution in [0.15, 0.2) is 18.2 Å². The average Bonchev–Trinajstić information content (AvgIpc) is 2.29. The van der Waals surface area contributed by atoms with Crippen LogP contribution in [0, 0.1) is 0 Å². The van der Waals surface area contributed by atoms with Crippen molar-refractivity contribution in [2.24, 2.45) is 5.73 Å². The third-order valence-electron chi connectivity index (χ3n) is 2.69. The van der Waals surface area contributed by atoms with Crippen molar-refractivity contribution in [2.45, 2.75) is 19.9 Å². The number of hydrogen-bond acceptors (Lipinski definition) is 3. The van der Waals surface area contributed by atoms with Gasteiger partial charge >= 0.3 is 0 Å². The van der Waals surface area contributed by atoms with Crippen LogP contribution in [-0.2, 0) is 13.0 Å². The summed E-state index contributed by atoms with van der Waals surface area (Å²) < 4.78 is 5.31. The van der Waals surface area contributed by atoms with Gasteiger partial charge in [-0.15, -0.1) is 0 Å². The van der Waals surface area contributed by atoms with Crippen LogP contribution < -0.4 is 10.5 Å². The minimum Gasteiger partial charge on any atom is -0.496 e. The van der Waals surface area contributed by atoms with Crippen LogP contribution in [0.25, 0.3) is 0 Å². The molecular weight excluding hydrogens is 200 g/mol. The molecule has 1 aromatic carbocycles. The van der Waals surface area contributed by atoms with Gasteiger partial charge in [0, 0.05) is 19.6 Å². The molecule has 0 amide bonds. The number of aryl methyl sites for hydroxylation is 1. The Labute approximate surface area is 98.2 Å². The van der Waals surface area contributed by atoms with Crippen molar-refractivity contribution in [3.05, 3.63) is 29.3 Å². The smallest absolute Gasteiger partial charge is 0.122 e. The monoisotopic (exact) mass is 222 g/mol. The SMILES string of the molecule is CCc1cc(CN(C)CCN)ccc1OC. The average molecular weight is 222 g/mol. The zero-order valence-corrected chi connectivity index (χ0v) is 10.5. The molecule has 0 saturated carbocycles. The lowest BCUT2D eigenvalue weighted by atomic mass is 10.1. The van der Waals surface area contributed by atoms with Crippen LogP contribution in [0.5, 0.6) is 5.75 Å². The van der Waals surface area contributed by atoms with Crippen molar-refractivity contribution >= 4 is 0 Å². The number of likely N-dealkylation sites (N-methyl/N-ethyl adjacent to an activating group) is 1. The summed E-state index contributed by atoms with van der Waals surface area (Å²) in [6.07, 6.45) is 0.998. The van der Waals surface area contributed by atoms with Gasteiger partial charge in [0.25, 0.3) is 0 Å². The molecule has 0 atom stereocenters. The maximum Gasteiger partial charge on any atom is 0.122 e. The molecule has 0 aliphatic carbocycles. The molecule has 0 aliphatic rings. The van der Waals surface area contributed by atoms with E-state index in [-0.39, 0.29) is 0 Å².